The van der Waals surface area contributed by atoms with Gasteiger partial charge in [0.1, 0.15) is 23.3 Å². The van der Waals surface area contributed by atoms with Crippen molar-refractivity contribution in [3.63, 3.8) is 0 Å². The van der Waals surface area contributed by atoms with E-state index in [0.29, 0.717) is 29.1 Å². The number of morpholine rings is 1. The zero-order valence-electron chi connectivity index (χ0n) is 21.5. The molecule has 6 rings (SSSR count). The summed E-state index contributed by atoms with van der Waals surface area (Å²) in [6.45, 7) is 3.22. The molecule has 1 atom stereocenters. The summed E-state index contributed by atoms with van der Waals surface area (Å²) in [5.74, 6) is 0.614. The summed E-state index contributed by atoms with van der Waals surface area (Å²) in [7, 11) is 1.94. The Hall–Kier alpha value is -4.50. The molecule has 0 spiro atoms. The van der Waals surface area contributed by atoms with Gasteiger partial charge >= 0.3 is 0 Å². The molecule has 39 heavy (non-hydrogen) atoms. The number of carbonyl (C=O) groups is 1. The minimum Gasteiger partial charge on any atom is -0.440 e. The van der Waals surface area contributed by atoms with Gasteiger partial charge in [-0.2, -0.15) is 0 Å². The smallest absolute Gasteiger partial charge is 0.217 e. The van der Waals surface area contributed by atoms with Gasteiger partial charge in [0.2, 0.25) is 12.3 Å². The van der Waals surface area contributed by atoms with Gasteiger partial charge < -0.3 is 18.6 Å². The molecule has 1 fully saturated rings. The van der Waals surface area contributed by atoms with Crippen molar-refractivity contribution in [3.05, 3.63) is 96.5 Å². The lowest BCUT2D eigenvalue weighted by Gasteiger charge is -2.29. The first-order chi connectivity index (χ1) is 19.1. The number of pyridine rings is 1. The Balaban J connectivity index is 1.36. The summed E-state index contributed by atoms with van der Waals surface area (Å²) in [4.78, 5) is 25.6. The first-order valence-corrected chi connectivity index (χ1v) is 12.9. The van der Waals surface area contributed by atoms with E-state index in [9.17, 15) is 9.18 Å². The van der Waals surface area contributed by atoms with Crippen molar-refractivity contribution in [2.45, 2.75) is 12.5 Å². The van der Waals surface area contributed by atoms with E-state index in [0.717, 1.165) is 55.4 Å². The molecule has 3 aromatic heterocycles. The van der Waals surface area contributed by atoms with Crippen LogP contribution < -0.4 is 9.80 Å². The molecule has 0 N–H and O–H groups in total. The third-order valence-electron chi connectivity index (χ3n) is 7.16. The Morgan fingerprint density at radius 2 is 1.87 bits per heavy atom. The third kappa shape index (κ3) is 5.00. The molecule has 1 aliphatic heterocycles. The van der Waals surface area contributed by atoms with E-state index < -0.39 is 6.04 Å². The number of amides is 1. The highest BCUT2D eigenvalue weighted by atomic mass is 19.1. The number of fused-ring (bicyclic) bond motifs is 1. The molecule has 0 bridgehead atoms. The average Bonchev–Trinajstić information content (AvgIpc) is 3.57. The van der Waals surface area contributed by atoms with Crippen LogP contribution in [0.4, 0.5) is 16.0 Å². The lowest BCUT2D eigenvalue weighted by Crippen LogP contribution is -2.36. The van der Waals surface area contributed by atoms with Crippen LogP contribution in [0.25, 0.3) is 22.2 Å². The summed E-state index contributed by atoms with van der Waals surface area (Å²) in [5, 5.41) is 0.578. The number of ether oxygens (including phenoxy) is 1. The van der Waals surface area contributed by atoms with Gasteiger partial charge in [0.25, 0.3) is 0 Å². The zero-order valence-corrected chi connectivity index (χ0v) is 21.5. The van der Waals surface area contributed by atoms with Crippen LogP contribution in [0.2, 0.25) is 0 Å². The largest absolute Gasteiger partial charge is 0.440 e. The monoisotopic (exact) mass is 525 g/mol. The van der Waals surface area contributed by atoms with Crippen LogP contribution in [0.3, 0.4) is 0 Å². The van der Waals surface area contributed by atoms with Gasteiger partial charge in [0.15, 0.2) is 0 Å². The summed E-state index contributed by atoms with van der Waals surface area (Å²) in [5.41, 5.74) is 4.39. The van der Waals surface area contributed by atoms with Crippen molar-refractivity contribution in [1.82, 2.24) is 14.5 Å². The minimum atomic E-state index is -0.519. The maximum absolute atomic E-state index is 13.8. The molecule has 8 nitrogen and oxygen atoms in total. The fourth-order valence-electron chi connectivity index (χ4n) is 5.10. The number of rotatable bonds is 8. The van der Waals surface area contributed by atoms with E-state index in [2.05, 4.69) is 34.1 Å². The number of halogens is 1. The molecule has 9 heteroatoms. The van der Waals surface area contributed by atoms with Crippen LogP contribution in [0, 0.1) is 5.82 Å². The number of benzene rings is 2. The minimum absolute atomic E-state index is 0.311. The van der Waals surface area contributed by atoms with Crippen LogP contribution >= 0.6 is 0 Å². The predicted molar refractivity (Wildman–Crippen MR) is 147 cm³/mol. The van der Waals surface area contributed by atoms with Gasteiger partial charge in [0.05, 0.1) is 25.1 Å². The Morgan fingerprint density at radius 3 is 2.62 bits per heavy atom. The zero-order chi connectivity index (χ0) is 26.8. The Bertz CT molecular complexity index is 1580. The van der Waals surface area contributed by atoms with E-state index in [1.54, 1.807) is 18.3 Å². The second kappa shape index (κ2) is 10.7. The molecule has 1 saturated heterocycles. The van der Waals surface area contributed by atoms with Gasteiger partial charge in [-0.3, -0.25) is 14.7 Å². The molecule has 5 aromatic rings. The molecule has 1 aliphatic rings. The lowest BCUT2D eigenvalue weighted by molar-refractivity contribution is -0.108. The molecule has 4 heterocycles. The van der Waals surface area contributed by atoms with Crippen molar-refractivity contribution in [1.29, 1.82) is 0 Å². The molecular formula is C30H28FN5O3. The van der Waals surface area contributed by atoms with E-state index in [-0.39, 0.29) is 5.82 Å². The highest BCUT2D eigenvalue weighted by Crippen LogP contribution is 2.34. The summed E-state index contributed by atoms with van der Waals surface area (Å²) < 4.78 is 27.3. The van der Waals surface area contributed by atoms with Gasteiger partial charge in [0, 0.05) is 55.6 Å². The number of furan rings is 1. The van der Waals surface area contributed by atoms with Crippen molar-refractivity contribution >= 4 is 29.0 Å². The number of aromatic nitrogens is 3. The Labute approximate surface area is 225 Å². The van der Waals surface area contributed by atoms with Crippen molar-refractivity contribution in [2.24, 2.45) is 7.05 Å². The Morgan fingerprint density at radius 1 is 1.05 bits per heavy atom. The van der Waals surface area contributed by atoms with Gasteiger partial charge in [-0.15, -0.1) is 0 Å². The van der Waals surface area contributed by atoms with Crippen molar-refractivity contribution in [3.8, 4) is 11.3 Å². The fraction of sp³-hybridized carbons (Fsp3) is 0.233. The van der Waals surface area contributed by atoms with Crippen molar-refractivity contribution < 1.29 is 18.3 Å². The van der Waals surface area contributed by atoms with Crippen molar-refractivity contribution in [2.75, 3.05) is 36.1 Å². The quantitative estimate of drug-likeness (QED) is 0.261. The van der Waals surface area contributed by atoms with E-state index in [1.807, 2.05) is 36.0 Å². The average molecular weight is 526 g/mol. The summed E-state index contributed by atoms with van der Waals surface area (Å²) in [6.07, 6.45) is 4.68. The lowest BCUT2D eigenvalue weighted by atomic mass is 10.1. The molecule has 198 valence electrons. The maximum atomic E-state index is 13.8. The number of hydrogen-bond acceptors (Lipinski definition) is 6. The molecule has 0 aliphatic carbocycles. The topological polar surface area (TPSA) is 76.6 Å². The van der Waals surface area contributed by atoms with E-state index in [1.165, 1.54) is 17.0 Å². The number of hydrogen-bond donors (Lipinski definition) is 0. The van der Waals surface area contributed by atoms with Gasteiger partial charge in [-0.05, 0) is 48.0 Å². The van der Waals surface area contributed by atoms with Crippen LogP contribution in [0.1, 0.15) is 17.6 Å². The van der Waals surface area contributed by atoms with Crippen LogP contribution in [0.15, 0.2) is 83.5 Å². The van der Waals surface area contributed by atoms with Gasteiger partial charge in [-0.25, -0.2) is 9.37 Å². The molecule has 1 amide bonds. The summed E-state index contributed by atoms with van der Waals surface area (Å²) in [6, 6.07) is 19.5. The van der Waals surface area contributed by atoms with Crippen LogP contribution in [-0.2, 0) is 23.0 Å². The predicted octanol–water partition coefficient (Wildman–Crippen LogP) is 5.15. The van der Waals surface area contributed by atoms with Gasteiger partial charge in [-0.1, -0.05) is 18.2 Å². The maximum Gasteiger partial charge on any atom is 0.217 e. The second-order valence-electron chi connectivity index (χ2n) is 9.53. The molecule has 1 unspecified atom stereocenters. The number of carbonyl (C=O) groups excluding carboxylic acids is 1. The highest BCUT2D eigenvalue weighted by molar-refractivity contribution is 5.85. The van der Waals surface area contributed by atoms with Crippen LogP contribution in [-0.4, -0.2) is 47.2 Å². The molecule has 2 aromatic carbocycles. The Kier molecular flexibility index (Phi) is 6.81. The SMILES string of the molecule is Cn1c(-c2ccc(N3CCOCC3)cc2)cnc1C(Cc1ccccn1)N(C=O)c1cc2cc(F)ccc2o1. The number of anilines is 2. The first kappa shape index (κ1) is 24.8. The molecule has 0 saturated carbocycles. The first-order valence-electron chi connectivity index (χ1n) is 12.9. The standard InChI is InChI=1S/C30H28FN5O3/c1-34-27(21-5-8-25(9-6-21)35-12-14-38-15-13-35)19-33-30(34)26(18-24-4-2-3-11-32-24)36(20-37)29-17-22-16-23(31)7-10-28(22)39-29/h2-11,16-17,19-20,26H,12-15,18H2,1H3. The van der Waals surface area contributed by atoms with Crippen LogP contribution in [0.5, 0.6) is 0 Å². The molecular weight excluding hydrogens is 497 g/mol. The number of nitrogens with zero attached hydrogens (tertiary/aromatic N) is 5. The summed E-state index contributed by atoms with van der Waals surface area (Å²) >= 11 is 0. The normalized spacial score (nSPS) is 14.5. The number of imidazole rings is 1. The second-order valence-corrected chi connectivity index (χ2v) is 9.53. The van der Waals surface area contributed by atoms with E-state index >= 15 is 0 Å². The highest BCUT2D eigenvalue weighted by Gasteiger charge is 2.29. The third-order valence-corrected chi connectivity index (χ3v) is 7.16. The molecule has 0 radical (unpaired) electrons. The fourth-order valence-corrected chi connectivity index (χ4v) is 5.10. The van der Waals surface area contributed by atoms with E-state index in [4.69, 9.17) is 14.1 Å².